The van der Waals surface area contributed by atoms with E-state index in [2.05, 4.69) is 4.74 Å². The number of methoxy groups -OCH3 is 1. The predicted molar refractivity (Wildman–Crippen MR) is 71.9 cm³/mol. The highest BCUT2D eigenvalue weighted by atomic mass is 16.5. The van der Waals surface area contributed by atoms with Crippen LogP contribution in [0.15, 0.2) is 0 Å². The van der Waals surface area contributed by atoms with E-state index in [1.54, 1.807) is 0 Å². The monoisotopic (exact) mass is 285 g/mol. The van der Waals surface area contributed by atoms with Gasteiger partial charge in [0.1, 0.15) is 6.54 Å². The Balaban J connectivity index is 2.69. The highest BCUT2D eigenvalue weighted by Gasteiger charge is 2.50. The fourth-order valence-corrected chi connectivity index (χ4v) is 2.29. The van der Waals surface area contributed by atoms with Crippen LogP contribution in [0.5, 0.6) is 0 Å². The van der Waals surface area contributed by atoms with Crippen LogP contribution in [0, 0.1) is 17.8 Å². The fraction of sp³-hybridized carbons (Fsp3) is 0.786. The molecular weight excluding hydrogens is 262 g/mol. The van der Waals surface area contributed by atoms with Gasteiger partial charge < -0.3 is 14.7 Å². The molecule has 6 heteroatoms. The zero-order chi connectivity index (χ0) is 15.3. The van der Waals surface area contributed by atoms with Gasteiger partial charge in [-0.05, 0) is 12.3 Å². The number of ether oxygens (including phenoxy) is 1. The van der Waals surface area contributed by atoms with Crippen molar-refractivity contribution in [2.24, 2.45) is 17.8 Å². The maximum absolute atomic E-state index is 12.3. The molecule has 0 radical (unpaired) electrons. The Hall–Kier alpha value is -1.59. The van der Waals surface area contributed by atoms with Crippen LogP contribution in [0.4, 0.5) is 0 Å². The third-order valence-corrected chi connectivity index (χ3v) is 3.92. The minimum absolute atomic E-state index is 0.103. The lowest BCUT2D eigenvalue weighted by Crippen LogP contribution is -2.40. The Morgan fingerprint density at radius 1 is 1.25 bits per heavy atom. The van der Waals surface area contributed by atoms with E-state index in [4.69, 9.17) is 5.11 Å². The number of carboxylic acids is 1. The number of aliphatic carboxylic acids is 1. The number of nitrogens with zero attached hydrogens (tertiary/aromatic N) is 1. The standard InChI is InChI=1S/C14H23NO5/c1-4-9(5-2)7-15(8-12(16)20-3)13(17)10-6-11(10)14(18)19/h9-11H,4-8H2,1-3H3,(H,18,19)/t10-,11+/m1/s1. The molecule has 2 atom stereocenters. The molecule has 1 N–H and O–H groups in total. The van der Waals surface area contributed by atoms with Crippen LogP contribution < -0.4 is 0 Å². The third-order valence-electron chi connectivity index (χ3n) is 3.92. The van der Waals surface area contributed by atoms with Crippen molar-refractivity contribution in [1.82, 2.24) is 4.90 Å². The molecule has 1 aliphatic rings. The van der Waals surface area contributed by atoms with Gasteiger partial charge >= 0.3 is 11.9 Å². The predicted octanol–water partition coefficient (Wildman–Crippen LogP) is 1.14. The molecule has 0 spiro atoms. The van der Waals surface area contributed by atoms with Gasteiger partial charge in [-0.3, -0.25) is 14.4 Å². The molecule has 1 saturated carbocycles. The van der Waals surface area contributed by atoms with Gasteiger partial charge in [-0.15, -0.1) is 0 Å². The average molecular weight is 285 g/mol. The van der Waals surface area contributed by atoms with E-state index >= 15 is 0 Å². The minimum Gasteiger partial charge on any atom is -0.481 e. The molecule has 0 aromatic carbocycles. The Morgan fingerprint density at radius 2 is 1.85 bits per heavy atom. The molecule has 0 aromatic heterocycles. The minimum atomic E-state index is -0.941. The van der Waals surface area contributed by atoms with Crippen LogP contribution in [0.1, 0.15) is 33.1 Å². The van der Waals surface area contributed by atoms with Gasteiger partial charge in [0.15, 0.2) is 0 Å². The summed E-state index contributed by atoms with van der Waals surface area (Å²) >= 11 is 0. The lowest BCUT2D eigenvalue weighted by Gasteiger charge is -2.26. The van der Waals surface area contributed by atoms with Gasteiger partial charge in [0, 0.05) is 6.54 Å². The lowest BCUT2D eigenvalue weighted by molar-refractivity contribution is -0.148. The molecular formula is C14H23NO5. The summed E-state index contributed by atoms with van der Waals surface area (Å²) in [5.74, 6) is -2.42. The second-order valence-electron chi connectivity index (χ2n) is 5.26. The molecule has 1 fully saturated rings. The molecule has 1 rings (SSSR count). The molecule has 0 saturated heterocycles. The average Bonchev–Trinajstić information content (AvgIpc) is 3.22. The van der Waals surface area contributed by atoms with Crippen molar-refractivity contribution in [3.8, 4) is 0 Å². The number of amides is 1. The molecule has 1 aliphatic carbocycles. The number of esters is 1. The number of hydrogen-bond donors (Lipinski definition) is 1. The molecule has 114 valence electrons. The second-order valence-corrected chi connectivity index (χ2v) is 5.26. The zero-order valence-corrected chi connectivity index (χ0v) is 12.3. The van der Waals surface area contributed by atoms with Crippen LogP contribution >= 0.6 is 0 Å². The van der Waals surface area contributed by atoms with E-state index in [-0.39, 0.29) is 12.5 Å². The summed E-state index contributed by atoms with van der Waals surface area (Å²) in [7, 11) is 1.28. The van der Waals surface area contributed by atoms with Crippen molar-refractivity contribution in [3.63, 3.8) is 0 Å². The number of hydrogen-bond acceptors (Lipinski definition) is 4. The quantitative estimate of drug-likeness (QED) is 0.676. The van der Waals surface area contributed by atoms with E-state index in [1.165, 1.54) is 12.0 Å². The van der Waals surface area contributed by atoms with Crippen molar-refractivity contribution >= 4 is 17.8 Å². The Kier molecular flexibility index (Phi) is 5.98. The zero-order valence-electron chi connectivity index (χ0n) is 12.3. The summed E-state index contributed by atoms with van der Waals surface area (Å²) in [6.45, 7) is 4.44. The summed E-state index contributed by atoms with van der Waals surface area (Å²) in [6, 6.07) is 0. The van der Waals surface area contributed by atoms with Crippen molar-refractivity contribution < 1.29 is 24.2 Å². The molecule has 20 heavy (non-hydrogen) atoms. The van der Waals surface area contributed by atoms with Gasteiger partial charge in [-0.25, -0.2) is 0 Å². The van der Waals surface area contributed by atoms with Crippen LogP contribution in [-0.2, 0) is 19.1 Å². The maximum atomic E-state index is 12.3. The summed E-state index contributed by atoms with van der Waals surface area (Å²) < 4.78 is 4.61. The topological polar surface area (TPSA) is 83.9 Å². The van der Waals surface area contributed by atoms with E-state index in [0.29, 0.717) is 18.9 Å². The normalized spacial score (nSPS) is 20.6. The summed E-state index contributed by atoms with van der Waals surface area (Å²) in [6.07, 6.45) is 2.19. The molecule has 0 aromatic rings. The number of rotatable bonds is 8. The first kappa shape index (κ1) is 16.5. The fourth-order valence-electron chi connectivity index (χ4n) is 2.29. The van der Waals surface area contributed by atoms with E-state index in [9.17, 15) is 14.4 Å². The second kappa shape index (κ2) is 7.26. The lowest BCUT2D eigenvalue weighted by atomic mass is 10.0. The maximum Gasteiger partial charge on any atom is 0.325 e. The van der Waals surface area contributed by atoms with Gasteiger partial charge in [0.2, 0.25) is 5.91 Å². The first-order chi connectivity index (χ1) is 9.44. The molecule has 0 aliphatic heterocycles. The first-order valence-electron chi connectivity index (χ1n) is 7.02. The van der Waals surface area contributed by atoms with E-state index in [1.807, 2.05) is 13.8 Å². The van der Waals surface area contributed by atoms with E-state index in [0.717, 1.165) is 12.8 Å². The van der Waals surface area contributed by atoms with Gasteiger partial charge in [0.05, 0.1) is 18.9 Å². The smallest absolute Gasteiger partial charge is 0.325 e. The van der Waals surface area contributed by atoms with Gasteiger partial charge in [-0.2, -0.15) is 0 Å². The van der Waals surface area contributed by atoms with Crippen LogP contribution in [0.25, 0.3) is 0 Å². The van der Waals surface area contributed by atoms with Crippen molar-refractivity contribution in [2.75, 3.05) is 20.2 Å². The summed E-state index contributed by atoms with van der Waals surface area (Å²) in [5, 5.41) is 8.89. The van der Waals surface area contributed by atoms with Crippen LogP contribution in [0.2, 0.25) is 0 Å². The Morgan fingerprint density at radius 3 is 2.25 bits per heavy atom. The van der Waals surface area contributed by atoms with Crippen molar-refractivity contribution in [3.05, 3.63) is 0 Å². The highest BCUT2D eigenvalue weighted by molar-refractivity contribution is 5.91. The molecule has 0 unspecified atom stereocenters. The Labute approximate surface area is 119 Å². The molecule has 6 nitrogen and oxygen atoms in total. The van der Waals surface area contributed by atoms with Crippen molar-refractivity contribution in [2.45, 2.75) is 33.1 Å². The van der Waals surface area contributed by atoms with E-state index < -0.39 is 23.8 Å². The van der Waals surface area contributed by atoms with Crippen LogP contribution in [-0.4, -0.2) is 48.1 Å². The number of carbonyl (C=O) groups excluding carboxylic acids is 2. The summed E-state index contributed by atoms with van der Waals surface area (Å²) in [4.78, 5) is 36.0. The van der Waals surface area contributed by atoms with Gasteiger partial charge in [0.25, 0.3) is 0 Å². The highest BCUT2D eigenvalue weighted by Crippen LogP contribution is 2.40. The SMILES string of the molecule is CCC(CC)CN(CC(=O)OC)C(=O)[C@@H]1C[C@@H]1C(=O)O. The first-order valence-corrected chi connectivity index (χ1v) is 7.02. The number of carboxylic acid groups (broad SMARTS) is 1. The summed E-state index contributed by atoms with van der Waals surface area (Å²) in [5.41, 5.74) is 0. The molecule has 1 amide bonds. The number of carbonyl (C=O) groups is 3. The molecule has 0 heterocycles. The largest absolute Gasteiger partial charge is 0.481 e. The van der Waals surface area contributed by atoms with Crippen LogP contribution in [0.3, 0.4) is 0 Å². The Bertz CT molecular complexity index is 378. The van der Waals surface area contributed by atoms with Gasteiger partial charge in [-0.1, -0.05) is 26.7 Å². The third kappa shape index (κ3) is 4.21. The molecule has 0 bridgehead atoms. The van der Waals surface area contributed by atoms with Crippen molar-refractivity contribution in [1.29, 1.82) is 0 Å².